The van der Waals surface area contributed by atoms with Crippen LogP contribution in [-0.2, 0) is 11.2 Å². The number of hydrogen-bond donors (Lipinski definition) is 3. The number of fused-ring (bicyclic) bond motifs is 1. The van der Waals surface area contributed by atoms with Crippen LogP contribution in [0.2, 0.25) is 0 Å². The second-order valence-electron chi connectivity index (χ2n) is 5.94. The summed E-state index contributed by atoms with van der Waals surface area (Å²) in [5, 5.41) is 17.1. The highest BCUT2D eigenvalue weighted by Gasteiger charge is 2.07. The van der Waals surface area contributed by atoms with Gasteiger partial charge in [-0.3, -0.25) is 14.9 Å². The van der Waals surface area contributed by atoms with Crippen molar-refractivity contribution in [2.45, 2.75) is 12.8 Å². The van der Waals surface area contributed by atoms with Gasteiger partial charge in [-0.1, -0.05) is 0 Å². The lowest BCUT2D eigenvalue weighted by Gasteiger charge is -2.07. The van der Waals surface area contributed by atoms with Crippen LogP contribution >= 0.6 is 0 Å². The molecule has 3 rings (SSSR count). The molecule has 0 atom stereocenters. The van der Waals surface area contributed by atoms with Crippen molar-refractivity contribution in [1.82, 2.24) is 15.3 Å². The monoisotopic (exact) mass is 371 g/mol. The van der Waals surface area contributed by atoms with Crippen molar-refractivity contribution in [2.24, 2.45) is 0 Å². The molecule has 0 aliphatic carbocycles. The summed E-state index contributed by atoms with van der Waals surface area (Å²) in [7, 11) is 0. The summed E-state index contributed by atoms with van der Waals surface area (Å²) in [6.45, 7) is 0.799. The van der Waals surface area contributed by atoms with E-state index >= 15 is 0 Å². The van der Waals surface area contributed by atoms with Crippen molar-refractivity contribution >= 4 is 28.3 Å². The van der Waals surface area contributed by atoms with E-state index in [2.05, 4.69) is 20.6 Å². The summed E-state index contributed by atoms with van der Waals surface area (Å²) in [5.41, 5.74) is 1.71. The maximum absolute atomic E-state index is 13.4. The number of carbonyl (C=O) groups is 1. The number of nitro groups is 1. The Kier molecular flexibility index (Phi) is 5.60. The van der Waals surface area contributed by atoms with Gasteiger partial charge in [0.2, 0.25) is 5.91 Å². The quantitative estimate of drug-likeness (QED) is 0.416. The van der Waals surface area contributed by atoms with E-state index in [9.17, 15) is 19.3 Å². The molecule has 3 aromatic rings. The first-order valence-corrected chi connectivity index (χ1v) is 8.39. The van der Waals surface area contributed by atoms with E-state index in [4.69, 9.17) is 0 Å². The Morgan fingerprint density at radius 3 is 2.85 bits per heavy atom. The average molecular weight is 371 g/mol. The third kappa shape index (κ3) is 4.78. The smallest absolute Gasteiger partial charge is 0.287 e. The number of hydrogen-bond acceptors (Lipinski definition) is 5. The molecule has 3 N–H and O–H groups in total. The fourth-order valence-electron chi connectivity index (χ4n) is 2.69. The molecule has 0 unspecified atom stereocenters. The van der Waals surface area contributed by atoms with Crippen LogP contribution in [0.5, 0.6) is 0 Å². The van der Waals surface area contributed by atoms with E-state index in [0.29, 0.717) is 25.3 Å². The van der Waals surface area contributed by atoms with Crippen LogP contribution in [0, 0.1) is 15.9 Å². The number of aromatic nitrogens is 2. The fraction of sp³-hybridized carbons (Fsp3) is 0.222. The minimum Gasteiger partial charge on any atom is -0.370 e. The topological polar surface area (TPSA) is 113 Å². The van der Waals surface area contributed by atoms with Crippen molar-refractivity contribution < 1.29 is 14.1 Å². The Morgan fingerprint density at radius 1 is 1.26 bits per heavy atom. The lowest BCUT2D eigenvalue weighted by atomic mass is 10.1. The highest BCUT2D eigenvalue weighted by Crippen LogP contribution is 2.19. The highest BCUT2D eigenvalue weighted by molar-refractivity contribution is 5.83. The predicted molar refractivity (Wildman–Crippen MR) is 99.0 cm³/mol. The van der Waals surface area contributed by atoms with Gasteiger partial charge in [-0.2, -0.15) is 0 Å². The molecule has 8 nitrogen and oxygen atoms in total. The number of nitrogens with zero attached hydrogens (tertiary/aromatic N) is 2. The van der Waals surface area contributed by atoms with Gasteiger partial charge in [0.15, 0.2) is 0 Å². The Morgan fingerprint density at radius 2 is 2.11 bits per heavy atom. The first kappa shape index (κ1) is 18.3. The highest BCUT2D eigenvalue weighted by atomic mass is 19.1. The van der Waals surface area contributed by atoms with Crippen LogP contribution in [0.4, 0.5) is 15.9 Å². The SMILES string of the molecule is O=C(CCNc1ccc([N+](=O)[O-])cn1)NCCc1c[nH]c2ccc(F)cc12. The Bertz CT molecular complexity index is 955. The Hall–Kier alpha value is -3.49. The molecule has 0 fully saturated rings. The van der Waals surface area contributed by atoms with Crippen LogP contribution in [0.15, 0.2) is 42.7 Å². The fourth-order valence-corrected chi connectivity index (χ4v) is 2.69. The molecule has 1 amide bonds. The minimum absolute atomic E-state index is 0.0875. The maximum atomic E-state index is 13.4. The van der Waals surface area contributed by atoms with Crippen LogP contribution < -0.4 is 10.6 Å². The molecule has 140 valence electrons. The number of H-pyrrole nitrogens is 1. The maximum Gasteiger partial charge on any atom is 0.287 e. The van der Waals surface area contributed by atoms with Gasteiger partial charge in [-0.05, 0) is 36.2 Å². The molecule has 0 bridgehead atoms. The largest absolute Gasteiger partial charge is 0.370 e. The first-order valence-electron chi connectivity index (χ1n) is 8.39. The van der Waals surface area contributed by atoms with Crippen molar-refractivity contribution in [3.8, 4) is 0 Å². The van der Waals surface area contributed by atoms with Gasteiger partial charge in [-0.15, -0.1) is 0 Å². The standard InChI is InChI=1S/C18H18FN5O3/c19-13-1-3-16-15(9-13)12(10-22-16)5-7-21-18(25)6-8-20-17-4-2-14(11-23-17)24(26)27/h1-4,9-11,22H,5-8H2,(H,20,23)(H,21,25). The molecule has 0 aliphatic heterocycles. The number of anilines is 1. The summed E-state index contributed by atoms with van der Waals surface area (Å²) in [6.07, 6.45) is 3.80. The van der Waals surface area contributed by atoms with Gasteiger partial charge in [0.25, 0.3) is 5.69 Å². The summed E-state index contributed by atoms with van der Waals surface area (Å²) >= 11 is 0. The second-order valence-corrected chi connectivity index (χ2v) is 5.94. The molecule has 0 aliphatic rings. The summed E-state index contributed by atoms with van der Waals surface area (Å²) in [4.78, 5) is 28.9. The number of amides is 1. The number of rotatable bonds is 8. The van der Waals surface area contributed by atoms with Crippen molar-refractivity contribution in [2.75, 3.05) is 18.4 Å². The summed E-state index contributed by atoms with van der Waals surface area (Å²) < 4.78 is 13.4. The van der Waals surface area contributed by atoms with E-state index in [-0.39, 0.29) is 23.8 Å². The van der Waals surface area contributed by atoms with Gasteiger partial charge in [-0.25, -0.2) is 9.37 Å². The molecular formula is C18H18FN5O3. The van der Waals surface area contributed by atoms with Crippen LogP contribution in [0.1, 0.15) is 12.0 Å². The van der Waals surface area contributed by atoms with Crippen LogP contribution in [-0.4, -0.2) is 33.9 Å². The van der Waals surface area contributed by atoms with Gasteiger partial charge in [0.05, 0.1) is 4.92 Å². The van der Waals surface area contributed by atoms with Crippen molar-refractivity contribution in [3.63, 3.8) is 0 Å². The molecule has 9 heteroatoms. The number of benzene rings is 1. The normalized spacial score (nSPS) is 10.7. The molecule has 27 heavy (non-hydrogen) atoms. The molecule has 2 aromatic heterocycles. The zero-order valence-corrected chi connectivity index (χ0v) is 14.4. The Balaban J connectivity index is 1.40. The van der Waals surface area contributed by atoms with Crippen molar-refractivity contribution in [3.05, 3.63) is 64.2 Å². The predicted octanol–water partition coefficient (Wildman–Crippen LogP) is 2.77. The molecule has 0 saturated carbocycles. The molecule has 0 spiro atoms. The summed E-state index contributed by atoms with van der Waals surface area (Å²) in [6, 6.07) is 7.40. The van der Waals surface area contributed by atoms with Gasteiger partial charge >= 0.3 is 0 Å². The van der Waals surface area contributed by atoms with Crippen LogP contribution in [0.25, 0.3) is 10.9 Å². The second kappa shape index (κ2) is 8.26. The zero-order valence-electron chi connectivity index (χ0n) is 14.4. The minimum atomic E-state index is -0.522. The Labute approximate surface area is 154 Å². The number of carbonyl (C=O) groups excluding carboxylic acids is 1. The van der Waals surface area contributed by atoms with E-state index in [1.54, 1.807) is 6.07 Å². The summed E-state index contributed by atoms with van der Waals surface area (Å²) in [5.74, 6) is 0.0444. The zero-order chi connectivity index (χ0) is 19.2. The van der Waals surface area contributed by atoms with E-state index in [1.165, 1.54) is 24.3 Å². The van der Waals surface area contributed by atoms with Crippen LogP contribution in [0.3, 0.4) is 0 Å². The molecule has 1 aromatic carbocycles. The number of pyridine rings is 1. The lowest BCUT2D eigenvalue weighted by Crippen LogP contribution is -2.27. The van der Waals surface area contributed by atoms with E-state index in [1.807, 2.05) is 6.20 Å². The molecule has 0 radical (unpaired) electrons. The number of nitrogens with one attached hydrogen (secondary N) is 3. The van der Waals surface area contributed by atoms with Gasteiger partial charge < -0.3 is 15.6 Å². The van der Waals surface area contributed by atoms with E-state index < -0.39 is 4.92 Å². The molecule has 0 saturated heterocycles. The average Bonchev–Trinajstić information content (AvgIpc) is 3.04. The third-order valence-electron chi connectivity index (χ3n) is 4.06. The third-order valence-corrected chi connectivity index (χ3v) is 4.06. The number of halogens is 1. The van der Waals surface area contributed by atoms with Gasteiger partial charge in [0, 0.05) is 42.7 Å². The molecule has 2 heterocycles. The molecular weight excluding hydrogens is 353 g/mol. The number of aromatic amines is 1. The first-order chi connectivity index (χ1) is 13.0. The van der Waals surface area contributed by atoms with Crippen molar-refractivity contribution in [1.29, 1.82) is 0 Å². The lowest BCUT2D eigenvalue weighted by molar-refractivity contribution is -0.385. The van der Waals surface area contributed by atoms with E-state index in [0.717, 1.165) is 22.7 Å². The van der Waals surface area contributed by atoms with Gasteiger partial charge in [0.1, 0.15) is 17.8 Å².